The quantitative estimate of drug-likeness (QED) is 0.834. The smallest absolute Gasteiger partial charge is 0.239 e. The van der Waals surface area contributed by atoms with E-state index in [1.165, 1.54) is 0 Å². The van der Waals surface area contributed by atoms with E-state index < -0.39 is 0 Å². The molecule has 2 N–H and O–H groups in total. The Morgan fingerprint density at radius 1 is 1.15 bits per heavy atom. The number of piperazine rings is 1. The molecule has 1 amide bonds. The zero-order valence-corrected chi connectivity index (χ0v) is 13.4. The average Bonchev–Trinajstić information content (AvgIpc) is 2.46. The zero-order chi connectivity index (χ0) is 13.8. The molecule has 2 aliphatic heterocycles. The average molecular weight is 306 g/mol. The van der Waals surface area contributed by atoms with Crippen molar-refractivity contribution in [3.63, 3.8) is 0 Å². The molecule has 2 saturated heterocycles. The van der Waals surface area contributed by atoms with Crippen LogP contribution in [0.4, 0.5) is 0 Å². The molecule has 5 nitrogen and oxygen atoms in total. The third kappa shape index (κ3) is 4.32. The maximum absolute atomic E-state index is 12.2. The monoisotopic (exact) mass is 305 g/mol. The second kappa shape index (κ2) is 8.17. The van der Waals surface area contributed by atoms with E-state index in [9.17, 15) is 4.79 Å². The second-order valence-electron chi connectivity index (χ2n) is 5.97. The molecule has 0 aromatic rings. The first-order valence-electron chi connectivity index (χ1n) is 7.45. The Bertz CT molecular complexity index is 301. The highest BCUT2D eigenvalue weighted by atomic mass is 35.5. The SMILES string of the molecule is CC(C)[C@H](N)C(=O)N1CCN(C2CCOCC2)CC1.Cl. The van der Waals surface area contributed by atoms with Crippen molar-refractivity contribution in [3.05, 3.63) is 0 Å². The summed E-state index contributed by atoms with van der Waals surface area (Å²) in [6.07, 6.45) is 2.25. The predicted molar refractivity (Wildman–Crippen MR) is 82.1 cm³/mol. The maximum Gasteiger partial charge on any atom is 0.239 e. The van der Waals surface area contributed by atoms with E-state index in [0.717, 1.165) is 52.2 Å². The number of hydrogen-bond acceptors (Lipinski definition) is 4. The van der Waals surface area contributed by atoms with Crippen LogP contribution in [-0.4, -0.2) is 67.2 Å². The Labute approximate surface area is 128 Å². The lowest BCUT2D eigenvalue weighted by atomic mass is 10.0. The van der Waals surface area contributed by atoms with Gasteiger partial charge in [0, 0.05) is 45.4 Å². The molecule has 6 heteroatoms. The largest absolute Gasteiger partial charge is 0.381 e. The van der Waals surface area contributed by atoms with Crippen molar-refractivity contribution in [3.8, 4) is 0 Å². The third-order valence-corrected chi connectivity index (χ3v) is 4.34. The van der Waals surface area contributed by atoms with E-state index in [1.54, 1.807) is 0 Å². The lowest BCUT2D eigenvalue weighted by molar-refractivity contribution is -0.136. The molecule has 2 heterocycles. The summed E-state index contributed by atoms with van der Waals surface area (Å²) >= 11 is 0. The molecular weight excluding hydrogens is 278 g/mol. The molecule has 0 aliphatic carbocycles. The van der Waals surface area contributed by atoms with Crippen LogP contribution in [0.3, 0.4) is 0 Å². The van der Waals surface area contributed by atoms with Crippen LogP contribution in [0.1, 0.15) is 26.7 Å². The Morgan fingerprint density at radius 2 is 1.70 bits per heavy atom. The van der Waals surface area contributed by atoms with Crippen molar-refractivity contribution in [1.29, 1.82) is 0 Å². The fourth-order valence-electron chi connectivity index (χ4n) is 2.85. The van der Waals surface area contributed by atoms with Gasteiger partial charge >= 0.3 is 0 Å². The van der Waals surface area contributed by atoms with Gasteiger partial charge in [0.25, 0.3) is 0 Å². The maximum atomic E-state index is 12.2. The van der Waals surface area contributed by atoms with Crippen LogP contribution in [0.5, 0.6) is 0 Å². The van der Waals surface area contributed by atoms with Crippen molar-refractivity contribution in [2.24, 2.45) is 11.7 Å². The van der Waals surface area contributed by atoms with Crippen molar-refractivity contribution in [2.45, 2.75) is 38.8 Å². The Balaban J connectivity index is 0.00000200. The minimum atomic E-state index is -0.352. The van der Waals surface area contributed by atoms with Crippen LogP contribution >= 0.6 is 12.4 Å². The van der Waals surface area contributed by atoms with Gasteiger partial charge < -0.3 is 15.4 Å². The molecule has 0 aromatic carbocycles. The van der Waals surface area contributed by atoms with Crippen LogP contribution in [0, 0.1) is 5.92 Å². The van der Waals surface area contributed by atoms with E-state index in [0.29, 0.717) is 6.04 Å². The lowest BCUT2D eigenvalue weighted by Crippen LogP contribution is -2.56. The van der Waals surface area contributed by atoms with E-state index in [4.69, 9.17) is 10.5 Å². The van der Waals surface area contributed by atoms with E-state index in [1.807, 2.05) is 18.7 Å². The highest BCUT2D eigenvalue weighted by Gasteiger charge is 2.29. The van der Waals surface area contributed by atoms with Gasteiger partial charge in [-0.15, -0.1) is 12.4 Å². The van der Waals surface area contributed by atoms with Crippen molar-refractivity contribution in [2.75, 3.05) is 39.4 Å². The molecule has 2 aliphatic rings. The standard InChI is InChI=1S/C14H27N3O2.ClH/c1-11(2)13(15)14(18)17-7-5-16(6-8-17)12-3-9-19-10-4-12;/h11-13H,3-10,15H2,1-2H3;1H/t13-;/m0./s1. The lowest BCUT2D eigenvalue weighted by Gasteiger charge is -2.41. The number of nitrogens with zero attached hydrogens (tertiary/aromatic N) is 2. The first-order valence-corrected chi connectivity index (χ1v) is 7.45. The Morgan fingerprint density at radius 3 is 2.20 bits per heavy atom. The number of carbonyl (C=O) groups is 1. The molecule has 2 fully saturated rings. The normalized spacial score (nSPS) is 23.5. The van der Waals surface area contributed by atoms with Gasteiger partial charge in [-0.25, -0.2) is 0 Å². The number of rotatable bonds is 3. The summed E-state index contributed by atoms with van der Waals surface area (Å²) in [5.74, 6) is 0.322. The summed E-state index contributed by atoms with van der Waals surface area (Å²) in [5.41, 5.74) is 5.95. The fourth-order valence-corrected chi connectivity index (χ4v) is 2.85. The summed E-state index contributed by atoms with van der Waals surface area (Å²) in [6.45, 7) is 9.33. The molecule has 0 radical (unpaired) electrons. The first-order chi connectivity index (χ1) is 9.09. The first kappa shape index (κ1) is 17.7. The fraction of sp³-hybridized carbons (Fsp3) is 0.929. The topological polar surface area (TPSA) is 58.8 Å². The highest BCUT2D eigenvalue weighted by molar-refractivity contribution is 5.85. The van der Waals surface area contributed by atoms with E-state index in [-0.39, 0.29) is 30.3 Å². The second-order valence-corrected chi connectivity index (χ2v) is 5.97. The molecular formula is C14H28ClN3O2. The number of halogens is 1. The van der Waals surface area contributed by atoms with Gasteiger partial charge in [-0.05, 0) is 18.8 Å². The molecule has 0 spiro atoms. The predicted octanol–water partition coefficient (Wildman–Crippen LogP) is 0.715. The molecule has 1 atom stereocenters. The van der Waals surface area contributed by atoms with Gasteiger partial charge in [0.1, 0.15) is 0 Å². The van der Waals surface area contributed by atoms with Crippen LogP contribution in [0.15, 0.2) is 0 Å². The van der Waals surface area contributed by atoms with Gasteiger partial charge in [0.2, 0.25) is 5.91 Å². The zero-order valence-electron chi connectivity index (χ0n) is 12.6. The van der Waals surface area contributed by atoms with E-state index >= 15 is 0 Å². The van der Waals surface area contributed by atoms with Gasteiger partial charge in [-0.3, -0.25) is 9.69 Å². The summed E-state index contributed by atoms with van der Waals surface area (Å²) in [7, 11) is 0. The minimum absolute atomic E-state index is 0. The van der Waals surface area contributed by atoms with Crippen molar-refractivity contribution >= 4 is 18.3 Å². The number of nitrogens with two attached hydrogens (primary N) is 1. The number of ether oxygens (including phenoxy) is 1. The molecule has 2 rings (SSSR count). The summed E-state index contributed by atoms with van der Waals surface area (Å²) in [5, 5.41) is 0. The molecule has 0 unspecified atom stereocenters. The van der Waals surface area contributed by atoms with Crippen LogP contribution < -0.4 is 5.73 Å². The van der Waals surface area contributed by atoms with Crippen molar-refractivity contribution < 1.29 is 9.53 Å². The Hall–Kier alpha value is -0.360. The van der Waals surface area contributed by atoms with Crippen LogP contribution in [-0.2, 0) is 9.53 Å². The number of carbonyl (C=O) groups excluding carboxylic acids is 1. The van der Waals surface area contributed by atoms with Crippen LogP contribution in [0.25, 0.3) is 0 Å². The molecule has 20 heavy (non-hydrogen) atoms. The van der Waals surface area contributed by atoms with Gasteiger partial charge in [-0.1, -0.05) is 13.8 Å². The highest BCUT2D eigenvalue weighted by Crippen LogP contribution is 2.17. The number of amides is 1. The van der Waals surface area contributed by atoms with E-state index in [2.05, 4.69) is 4.90 Å². The number of hydrogen-bond donors (Lipinski definition) is 1. The Kier molecular flexibility index (Phi) is 7.23. The van der Waals surface area contributed by atoms with Crippen molar-refractivity contribution in [1.82, 2.24) is 9.80 Å². The van der Waals surface area contributed by atoms with Gasteiger partial charge in [0.15, 0.2) is 0 Å². The molecule has 0 saturated carbocycles. The summed E-state index contributed by atoms with van der Waals surface area (Å²) in [4.78, 5) is 16.6. The third-order valence-electron chi connectivity index (χ3n) is 4.34. The summed E-state index contributed by atoms with van der Waals surface area (Å²) in [6, 6.07) is 0.291. The van der Waals surface area contributed by atoms with Crippen LogP contribution in [0.2, 0.25) is 0 Å². The van der Waals surface area contributed by atoms with Gasteiger partial charge in [-0.2, -0.15) is 0 Å². The molecule has 118 valence electrons. The molecule has 0 aromatic heterocycles. The van der Waals surface area contributed by atoms with Gasteiger partial charge in [0.05, 0.1) is 6.04 Å². The minimum Gasteiger partial charge on any atom is -0.381 e. The molecule has 0 bridgehead atoms. The summed E-state index contributed by atoms with van der Waals surface area (Å²) < 4.78 is 5.40.